The fraction of sp³-hybridized carbons (Fsp3) is 0.316. The molecule has 0 aliphatic carbocycles. The highest BCUT2D eigenvalue weighted by Gasteiger charge is 2.17. The first kappa shape index (κ1) is 18.2. The van der Waals surface area contributed by atoms with Gasteiger partial charge in [-0.15, -0.1) is 0 Å². The number of carbonyl (C=O) groups excluding carboxylic acids is 1. The predicted molar refractivity (Wildman–Crippen MR) is 97.8 cm³/mol. The van der Waals surface area contributed by atoms with Crippen molar-refractivity contribution < 1.29 is 23.7 Å². The lowest BCUT2D eigenvalue weighted by atomic mass is 10.1. The fourth-order valence-corrected chi connectivity index (χ4v) is 2.94. The molecule has 1 aliphatic heterocycles. The summed E-state index contributed by atoms with van der Waals surface area (Å²) in [5.74, 6) is 1.92. The van der Waals surface area contributed by atoms with E-state index in [0.717, 1.165) is 12.0 Å². The number of carbonyl (C=O) groups is 1. The van der Waals surface area contributed by atoms with Crippen LogP contribution in [0.5, 0.6) is 23.0 Å². The van der Waals surface area contributed by atoms with E-state index in [9.17, 15) is 4.79 Å². The van der Waals surface area contributed by atoms with Crippen molar-refractivity contribution in [2.45, 2.75) is 13.0 Å². The highest BCUT2D eigenvalue weighted by Crippen LogP contribution is 2.38. The van der Waals surface area contributed by atoms with E-state index in [4.69, 9.17) is 30.5 Å². The van der Waals surface area contributed by atoms with Crippen LogP contribution in [-0.2, 0) is 6.54 Å². The summed E-state index contributed by atoms with van der Waals surface area (Å²) in [5, 5.41) is 3.33. The van der Waals surface area contributed by atoms with Crippen molar-refractivity contribution in [3.63, 3.8) is 0 Å². The van der Waals surface area contributed by atoms with Crippen molar-refractivity contribution in [3.05, 3.63) is 46.5 Å². The molecule has 0 atom stereocenters. The molecular formula is C19H20ClNO5. The van der Waals surface area contributed by atoms with E-state index in [1.54, 1.807) is 31.4 Å². The second kappa shape index (κ2) is 8.19. The van der Waals surface area contributed by atoms with Crippen molar-refractivity contribution in [3.8, 4) is 23.0 Å². The lowest BCUT2D eigenvalue weighted by Gasteiger charge is -2.13. The highest BCUT2D eigenvalue weighted by molar-refractivity contribution is 6.32. The molecule has 0 aromatic heterocycles. The summed E-state index contributed by atoms with van der Waals surface area (Å²) < 4.78 is 21.7. The van der Waals surface area contributed by atoms with Crippen LogP contribution in [0.4, 0.5) is 0 Å². The van der Waals surface area contributed by atoms with Crippen molar-refractivity contribution in [2.24, 2.45) is 0 Å². The van der Waals surface area contributed by atoms with Crippen LogP contribution in [0, 0.1) is 0 Å². The molecule has 1 aliphatic rings. The zero-order chi connectivity index (χ0) is 18.5. The Hall–Kier alpha value is -2.60. The molecule has 1 amide bonds. The number of halogens is 1. The standard InChI is InChI=1S/C19H20ClNO5/c1-23-13-4-5-16(24-2)14(10-13)19(22)21-11-12-8-15(20)18-17(9-12)25-6-3-7-26-18/h4-5,8-10H,3,6-7,11H2,1-2H3,(H,21,22). The summed E-state index contributed by atoms with van der Waals surface area (Å²) in [6, 6.07) is 8.65. The Morgan fingerprint density at radius 3 is 2.73 bits per heavy atom. The van der Waals surface area contributed by atoms with Crippen molar-refractivity contribution in [2.75, 3.05) is 27.4 Å². The molecule has 2 aromatic rings. The summed E-state index contributed by atoms with van der Waals surface area (Å²) in [5.41, 5.74) is 1.21. The molecule has 0 bridgehead atoms. The minimum atomic E-state index is -0.274. The van der Waals surface area contributed by atoms with Gasteiger partial charge in [0.2, 0.25) is 0 Å². The molecule has 1 N–H and O–H groups in total. The summed E-state index contributed by atoms with van der Waals surface area (Å²) in [6.07, 6.45) is 0.798. The normalized spacial score (nSPS) is 12.9. The van der Waals surface area contributed by atoms with E-state index in [1.807, 2.05) is 6.07 Å². The zero-order valence-corrected chi connectivity index (χ0v) is 15.4. The Morgan fingerprint density at radius 1 is 1.15 bits per heavy atom. The van der Waals surface area contributed by atoms with Crippen LogP contribution >= 0.6 is 11.6 Å². The Morgan fingerprint density at radius 2 is 1.96 bits per heavy atom. The van der Waals surface area contributed by atoms with Crippen LogP contribution in [0.2, 0.25) is 5.02 Å². The molecular weight excluding hydrogens is 358 g/mol. The first-order valence-electron chi connectivity index (χ1n) is 8.20. The van der Waals surface area contributed by atoms with E-state index < -0.39 is 0 Å². The fourth-order valence-electron chi connectivity index (χ4n) is 2.66. The van der Waals surface area contributed by atoms with E-state index >= 15 is 0 Å². The molecule has 3 rings (SSSR count). The van der Waals surface area contributed by atoms with Crippen LogP contribution < -0.4 is 24.3 Å². The van der Waals surface area contributed by atoms with Gasteiger partial charge < -0.3 is 24.3 Å². The molecule has 2 aromatic carbocycles. The Labute approximate surface area is 157 Å². The number of nitrogens with one attached hydrogen (secondary N) is 1. The van der Waals surface area contributed by atoms with Gasteiger partial charge in [0, 0.05) is 13.0 Å². The molecule has 6 nitrogen and oxygen atoms in total. The molecule has 0 saturated heterocycles. The van der Waals surface area contributed by atoms with Crippen LogP contribution in [0.1, 0.15) is 22.3 Å². The van der Waals surface area contributed by atoms with Gasteiger partial charge in [-0.05, 0) is 35.9 Å². The number of ether oxygens (including phenoxy) is 4. The highest BCUT2D eigenvalue weighted by atomic mass is 35.5. The largest absolute Gasteiger partial charge is 0.497 e. The molecule has 0 unspecified atom stereocenters. The molecule has 0 radical (unpaired) electrons. The van der Waals surface area contributed by atoms with Gasteiger partial charge in [0.05, 0.1) is 38.0 Å². The third kappa shape index (κ3) is 3.96. The van der Waals surface area contributed by atoms with Gasteiger partial charge in [0.15, 0.2) is 11.5 Å². The van der Waals surface area contributed by atoms with Gasteiger partial charge in [0.25, 0.3) is 5.91 Å². The van der Waals surface area contributed by atoms with E-state index in [1.165, 1.54) is 7.11 Å². The third-order valence-corrected chi connectivity index (χ3v) is 4.25. The maximum Gasteiger partial charge on any atom is 0.255 e. The van der Waals surface area contributed by atoms with Gasteiger partial charge in [-0.1, -0.05) is 11.6 Å². The number of amides is 1. The number of hydrogen-bond donors (Lipinski definition) is 1. The minimum absolute atomic E-state index is 0.274. The van der Waals surface area contributed by atoms with Gasteiger partial charge in [-0.2, -0.15) is 0 Å². The number of hydrogen-bond acceptors (Lipinski definition) is 5. The van der Waals surface area contributed by atoms with Gasteiger partial charge in [0.1, 0.15) is 11.5 Å². The van der Waals surface area contributed by atoms with Crippen molar-refractivity contribution >= 4 is 17.5 Å². The monoisotopic (exact) mass is 377 g/mol. The Bertz CT molecular complexity index is 809. The molecule has 0 fully saturated rings. The summed E-state index contributed by atoms with van der Waals surface area (Å²) in [4.78, 5) is 12.6. The van der Waals surface area contributed by atoms with E-state index in [2.05, 4.69) is 5.32 Å². The predicted octanol–water partition coefficient (Wildman–Crippen LogP) is 3.45. The van der Waals surface area contributed by atoms with Gasteiger partial charge >= 0.3 is 0 Å². The zero-order valence-electron chi connectivity index (χ0n) is 14.6. The Balaban J connectivity index is 1.76. The molecule has 138 valence electrons. The van der Waals surface area contributed by atoms with Crippen molar-refractivity contribution in [1.82, 2.24) is 5.32 Å². The minimum Gasteiger partial charge on any atom is -0.497 e. The summed E-state index contributed by atoms with van der Waals surface area (Å²) in [7, 11) is 3.06. The Kier molecular flexibility index (Phi) is 5.73. The SMILES string of the molecule is COc1ccc(OC)c(C(=O)NCc2cc(Cl)c3c(c2)OCCCO3)c1. The molecule has 1 heterocycles. The van der Waals surface area contributed by atoms with E-state index in [0.29, 0.717) is 46.8 Å². The number of methoxy groups -OCH3 is 2. The van der Waals surface area contributed by atoms with Crippen molar-refractivity contribution in [1.29, 1.82) is 0 Å². The average molecular weight is 378 g/mol. The van der Waals surface area contributed by atoms with Crippen LogP contribution in [0.25, 0.3) is 0 Å². The summed E-state index contributed by atoms with van der Waals surface area (Å²) >= 11 is 6.29. The molecule has 0 spiro atoms. The second-order valence-electron chi connectivity index (χ2n) is 5.70. The molecule has 26 heavy (non-hydrogen) atoms. The number of fused-ring (bicyclic) bond motifs is 1. The number of rotatable bonds is 5. The molecule has 0 saturated carbocycles. The average Bonchev–Trinajstić information content (AvgIpc) is 2.91. The first-order chi connectivity index (χ1) is 12.6. The first-order valence-corrected chi connectivity index (χ1v) is 8.58. The lowest BCUT2D eigenvalue weighted by Crippen LogP contribution is -2.23. The topological polar surface area (TPSA) is 66.0 Å². The quantitative estimate of drug-likeness (QED) is 0.864. The molecule has 7 heteroatoms. The summed E-state index contributed by atoms with van der Waals surface area (Å²) in [6.45, 7) is 1.42. The maximum absolute atomic E-state index is 12.6. The van der Waals surface area contributed by atoms with Crippen LogP contribution in [0.3, 0.4) is 0 Å². The number of benzene rings is 2. The smallest absolute Gasteiger partial charge is 0.255 e. The van der Waals surface area contributed by atoms with E-state index in [-0.39, 0.29) is 12.5 Å². The third-order valence-electron chi connectivity index (χ3n) is 3.97. The van der Waals surface area contributed by atoms with Gasteiger partial charge in [-0.3, -0.25) is 4.79 Å². The second-order valence-corrected chi connectivity index (χ2v) is 6.11. The maximum atomic E-state index is 12.6. The lowest BCUT2D eigenvalue weighted by molar-refractivity contribution is 0.0947. The van der Waals surface area contributed by atoms with Crippen LogP contribution in [-0.4, -0.2) is 33.3 Å². The van der Waals surface area contributed by atoms with Gasteiger partial charge in [-0.25, -0.2) is 0 Å². The van der Waals surface area contributed by atoms with Crippen LogP contribution in [0.15, 0.2) is 30.3 Å².